The van der Waals surface area contributed by atoms with E-state index in [4.69, 9.17) is 0 Å². The van der Waals surface area contributed by atoms with Crippen molar-refractivity contribution < 1.29 is 9.32 Å². The van der Waals surface area contributed by atoms with E-state index in [0.29, 0.717) is 5.92 Å². The summed E-state index contributed by atoms with van der Waals surface area (Å²) in [5.74, 6) is -0.0750. The normalized spacial score (nSPS) is 21.1. The molecule has 1 aliphatic rings. The molecule has 0 aromatic carbocycles. The third-order valence-corrected chi connectivity index (χ3v) is 4.21. The Balaban J connectivity index is 1.74. The molecule has 2 aromatic rings. The predicted octanol–water partition coefficient (Wildman–Crippen LogP) is 0.988. The van der Waals surface area contributed by atoms with Gasteiger partial charge >= 0.3 is 5.76 Å². The molecule has 1 N–H and O–H groups in total. The van der Waals surface area contributed by atoms with Gasteiger partial charge in [0.1, 0.15) is 6.54 Å². The van der Waals surface area contributed by atoms with E-state index in [1.54, 1.807) is 6.07 Å². The van der Waals surface area contributed by atoms with E-state index >= 15 is 0 Å². The lowest BCUT2D eigenvalue weighted by Gasteiger charge is -2.29. The smallest absolute Gasteiger partial charge is 0.352 e. The molecule has 122 valence electrons. The van der Waals surface area contributed by atoms with Crippen LogP contribution in [0.5, 0.6) is 0 Å². The Morgan fingerprint density at radius 3 is 2.83 bits per heavy atom. The minimum Gasteiger partial charge on any atom is -0.352 e. The van der Waals surface area contributed by atoms with Crippen LogP contribution in [0.15, 0.2) is 27.8 Å². The number of nitrogens with one attached hydrogen (secondary N) is 1. The Hall–Kier alpha value is -2.51. The van der Waals surface area contributed by atoms with Gasteiger partial charge in [-0.1, -0.05) is 24.9 Å². The summed E-state index contributed by atoms with van der Waals surface area (Å²) in [7, 11) is 0. The molecule has 0 aliphatic heterocycles. The maximum atomic E-state index is 12.3. The number of nitrogens with zero attached hydrogens (tertiary/aromatic N) is 4. The van der Waals surface area contributed by atoms with Crippen LogP contribution in [0.1, 0.15) is 32.6 Å². The predicted molar refractivity (Wildman–Crippen MR) is 81.4 cm³/mol. The summed E-state index contributed by atoms with van der Waals surface area (Å²) in [6.45, 7) is 1.98. The molecule has 0 unspecified atom stereocenters. The Bertz CT molecular complexity index is 724. The highest BCUT2D eigenvalue weighted by molar-refractivity contribution is 5.76. The van der Waals surface area contributed by atoms with Gasteiger partial charge in [0.05, 0.1) is 0 Å². The molecule has 1 saturated carbocycles. The zero-order valence-corrected chi connectivity index (χ0v) is 12.9. The largest absolute Gasteiger partial charge is 0.442 e. The minimum absolute atomic E-state index is 0.154. The topological polar surface area (TPSA) is 103 Å². The summed E-state index contributed by atoms with van der Waals surface area (Å²) < 4.78 is 5.81. The maximum absolute atomic E-state index is 12.3. The highest BCUT2D eigenvalue weighted by atomic mass is 16.5. The van der Waals surface area contributed by atoms with Crippen LogP contribution in [0.3, 0.4) is 0 Å². The molecule has 2 heterocycles. The van der Waals surface area contributed by atoms with Gasteiger partial charge in [0.25, 0.3) is 0 Å². The van der Waals surface area contributed by atoms with Gasteiger partial charge in [-0.3, -0.25) is 9.32 Å². The van der Waals surface area contributed by atoms with Gasteiger partial charge in [-0.2, -0.15) is 0 Å². The molecule has 2 atom stereocenters. The van der Waals surface area contributed by atoms with Crippen molar-refractivity contribution in [2.45, 2.75) is 45.2 Å². The van der Waals surface area contributed by atoms with E-state index in [2.05, 4.69) is 31.9 Å². The first-order valence-electron chi connectivity index (χ1n) is 7.78. The molecular formula is C15H19N5O3. The lowest BCUT2D eigenvalue weighted by molar-refractivity contribution is -0.123. The zero-order chi connectivity index (χ0) is 16.2. The van der Waals surface area contributed by atoms with Crippen molar-refractivity contribution in [3.05, 3.63) is 29.0 Å². The number of hydrogen-bond acceptors (Lipinski definition) is 6. The Morgan fingerprint density at radius 2 is 2.09 bits per heavy atom. The maximum Gasteiger partial charge on any atom is 0.442 e. The summed E-state index contributed by atoms with van der Waals surface area (Å²) in [4.78, 5) is 32.1. The van der Waals surface area contributed by atoms with E-state index in [1.807, 2.05) is 0 Å². The van der Waals surface area contributed by atoms with Crippen molar-refractivity contribution in [1.82, 2.24) is 25.0 Å². The van der Waals surface area contributed by atoms with Crippen LogP contribution in [-0.4, -0.2) is 31.6 Å². The number of carbonyl (C=O) groups excluding carboxylic acids is 1. The Morgan fingerprint density at radius 1 is 1.35 bits per heavy atom. The van der Waals surface area contributed by atoms with Crippen LogP contribution in [-0.2, 0) is 11.3 Å². The highest BCUT2D eigenvalue weighted by Crippen LogP contribution is 2.23. The average molecular weight is 317 g/mol. The summed E-state index contributed by atoms with van der Waals surface area (Å²) in [5.41, 5.74) is 0. The summed E-state index contributed by atoms with van der Waals surface area (Å²) in [6, 6.07) is 1.81. The monoisotopic (exact) mass is 317 g/mol. The fourth-order valence-corrected chi connectivity index (χ4v) is 2.91. The van der Waals surface area contributed by atoms with Crippen LogP contribution < -0.4 is 11.1 Å². The number of carbonyl (C=O) groups is 1. The van der Waals surface area contributed by atoms with Gasteiger partial charge in [-0.25, -0.2) is 19.3 Å². The summed E-state index contributed by atoms with van der Waals surface area (Å²) in [6.07, 6.45) is 7.48. The number of aromatic nitrogens is 4. The molecule has 1 fully saturated rings. The second kappa shape index (κ2) is 6.72. The molecule has 2 aromatic heterocycles. The fraction of sp³-hybridized carbons (Fsp3) is 0.533. The molecule has 23 heavy (non-hydrogen) atoms. The van der Waals surface area contributed by atoms with E-state index in [0.717, 1.165) is 23.8 Å². The van der Waals surface area contributed by atoms with E-state index < -0.39 is 5.76 Å². The highest BCUT2D eigenvalue weighted by Gasteiger charge is 2.24. The molecule has 8 heteroatoms. The van der Waals surface area contributed by atoms with Crippen LogP contribution in [0.25, 0.3) is 11.6 Å². The molecule has 1 aliphatic carbocycles. The lowest BCUT2D eigenvalue weighted by atomic mass is 9.86. The van der Waals surface area contributed by atoms with Crippen molar-refractivity contribution >= 4 is 5.91 Å². The third-order valence-electron chi connectivity index (χ3n) is 4.21. The van der Waals surface area contributed by atoms with Crippen molar-refractivity contribution in [2.75, 3.05) is 0 Å². The lowest BCUT2D eigenvalue weighted by Crippen LogP contribution is -2.43. The van der Waals surface area contributed by atoms with Gasteiger partial charge in [-0.15, -0.1) is 0 Å². The van der Waals surface area contributed by atoms with Crippen molar-refractivity contribution in [2.24, 2.45) is 5.92 Å². The van der Waals surface area contributed by atoms with Crippen LogP contribution in [0, 0.1) is 5.92 Å². The second-order valence-electron chi connectivity index (χ2n) is 5.87. The van der Waals surface area contributed by atoms with Crippen LogP contribution in [0.4, 0.5) is 0 Å². The van der Waals surface area contributed by atoms with Crippen LogP contribution >= 0.6 is 0 Å². The van der Waals surface area contributed by atoms with Crippen molar-refractivity contribution in [3.63, 3.8) is 0 Å². The standard InChI is InChI=1S/C15H19N5O3/c1-10-5-2-3-6-11(10)18-12(21)9-20-14(19-23-15(20)22)13-16-7-4-8-17-13/h4,7-8,10-11H,2-3,5-6,9H2,1H3,(H,18,21)/t10-,11-/m0/s1. The van der Waals surface area contributed by atoms with E-state index in [9.17, 15) is 9.59 Å². The first-order chi connectivity index (χ1) is 11.1. The van der Waals surface area contributed by atoms with Crippen molar-refractivity contribution in [3.8, 4) is 11.6 Å². The molecule has 1 amide bonds. The summed E-state index contributed by atoms with van der Waals surface area (Å²) >= 11 is 0. The van der Waals surface area contributed by atoms with Crippen molar-refractivity contribution in [1.29, 1.82) is 0 Å². The van der Waals surface area contributed by atoms with Gasteiger partial charge < -0.3 is 5.32 Å². The quantitative estimate of drug-likeness (QED) is 0.902. The molecule has 0 radical (unpaired) electrons. The Labute approximate surface area is 132 Å². The number of amides is 1. The molecular weight excluding hydrogens is 298 g/mol. The average Bonchev–Trinajstić information content (AvgIpc) is 2.91. The Kier molecular flexibility index (Phi) is 4.50. The minimum atomic E-state index is -0.695. The molecule has 8 nitrogen and oxygen atoms in total. The zero-order valence-electron chi connectivity index (χ0n) is 12.9. The third kappa shape index (κ3) is 3.46. The van der Waals surface area contributed by atoms with Gasteiger partial charge in [0.15, 0.2) is 5.82 Å². The first-order valence-corrected chi connectivity index (χ1v) is 7.78. The molecule has 0 spiro atoms. The van der Waals surface area contributed by atoms with Crippen LogP contribution in [0.2, 0.25) is 0 Å². The number of rotatable bonds is 4. The van der Waals surface area contributed by atoms with E-state index in [-0.39, 0.29) is 30.1 Å². The van der Waals surface area contributed by atoms with E-state index in [1.165, 1.54) is 18.8 Å². The van der Waals surface area contributed by atoms with Gasteiger partial charge in [0, 0.05) is 18.4 Å². The van der Waals surface area contributed by atoms with Gasteiger partial charge in [0.2, 0.25) is 11.7 Å². The SMILES string of the molecule is C[C@H]1CCCC[C@@H]1NC(=O)Cn1c(-c2ncccn2)noc1=O. The second-order valence-corrected chi connectivity index (χ2v) is 5.87. The first kappa shape index (κ1) is 15.4. The number of hydrogen-bond donors (Lipinski definition) is 1. The fourth-order valence-electron chi connectivity index (χ4n) is 2.91. The molecule has 3 rings (SSSR count). The molecule has 0 saturated heterocycles. The van der Waals surface area contributed by atoms with Gasteiger partial charge in [-0.05, 0) is 24.8 Å². The summed E-state index contributed by atoms with van der Waals surface area (Å²) in [5, 5.41) is 6.68. The molecule has 0 bridgehead atoms.